The predicted octanol–water partition coefficient (Wildman–Crippen LogP) is 3.65. The average Bonchev–Trinajstić information content (AvgIpc) is 2.81. The number of carbonyl (C=O) groups excluding carboxylic acids is 1. The third kappa shape index (κ3) is 2.80. The van der Waals surface area contributed by atoms with Crippen molar-refractivity contribution >= 4 is 23.3 Å². The summed E-state index contributed by atoms with van der Waals surface area (Å²) < 4.78 is 27.7. The molecule has 0 aliphatic heterocycles. The smallest absolute Gasteiger partial charge is 0.258 e. The molecule has 1 amide bonds. The van der Waals surface area contributed by atoms with Crippen LogP contribution in [0, 0.1) is 11.6 Å². The molecule has 106 valence electrons. The average molecular weight is 300 g/mol. The number of nitrogens with one attached hydrogen (secondary N) is 1. The summed E-state index contributed by atoms with van der Waals surface area (Å²) in [7, 11) is 0. The van der Waals surface area contributed by atoms with Crippen LogP contribution in [0.2, 0.25) is 5.02 Å². The number of halogens is 3. The molecule has 20 heavy (non-hydrogen) atoms. The summed E-state index contributed by atoms with van der Waals surface area (Å²) in [6, 6.07) is 3.18. The second-order valence-corrected chi connectivity index (χ2v) is 4.86. The quantitative estimate of drug-likeness (QED) is 0.879. The number of hydrogen-bond acceptors (Lipinski definition) is 2. The van der Waals surface area contributed by atoms with E-state index in [0.29, 0.717) is 5.82 Å². The van der Waals surface area contributed by atoms with Gasteiger partial charge in [-0.1, -0.05) is 11.6 Å². The van der Waals surface area contributed by atoms with E-state index < -0.39 is 17.5 Å². The Morgan fingerprint density at radius 1 is 1.35 bits per heavy atom. The van der Waals surface area contributed by atoms with Gasteiger partial charge in [0.05, 0.1) is 16.8 Å². The molecule has 0 unspecified atom stereocenters. The normalized spacial score (nSPS) is 10.9. The Balaban J connectivity index is 2.29. The van der Waals surface area contributed by atoms with Crippen LogP contribution in [0.25, 0.3) is 0 Å². The van der Waals surface area contributed by atoms with Gasteiger partial charge in [0.2, 0.25) is 0 Å². The first kappa shape index (κ1) is 14.5. The zero-order valence-electron chi connectivity index (χ0n) is 10.8. The van der Waals surface area contributed by atoms with E-state index in [4.69, 9.17) is 11.6 Å². The summed E-state index contributed by atoms with van der Waals surface area (Å²) in [5.74, 6) is -2.40. The number of benzene rings is 1. The van der Waals surface area contributed by atoms with E-state index in [1.54, 1.807) is 10.7 Å². The Morgan fingerprint density at radius 3 is 2.65 bits per heavy atom. The van der Waals surface area contributed by atoms with E-state index in [0.717, 1.165) is 12.1 Å². The highest BCUT2D eigenvalue weighted by Gasteiger charge is 2.17. The molecule has 4 nitrogen and oxygen atoms in total. The van der Waals surface area contributed by atoms with Crippen LogP contribution in [0.5, 0.6) is 0 Å². The zero-order chi connectivity index (χ0) is 14.9. The van der Waals surface area contributed by atoms with Crippen molar-refractivity contribution in [2.75, 3.05) is 5.32 Å². The summed E-state index contributed by atoms with van der Waals surface area (Å²) in [6.45, 7) is 3.79. The second-order valence-electron chi connectivity index (χ2n) is 4.46. The Hall–Kier alpha value is -1.95. The van der Waals surface area contributed by atoms with Crippen molar-refractivity contribution in [3.05, 3.63) is 46.6 Å². The van der Waals surface area contributed by atoms with Crippen molar-refractivity contribution in [3.8, 4) is 0 Å². The molecule has 1 heterocycles. The van der Waals surface area contributed by atoms with Gasteiger partial charge in [0.15, 0.2) is 11.6 Å². The van der Waals surface area contributed by atoms with Gasteiger partial charge in [0, 0.05) is 12.1 Å². The topological polar surface area (TPSA) is 46.9 Å². The third-order valence-electron chi connectivity index (χ3n) is 2.66. The Labute approximate surface area is 119 Å². The lowest BCUT2D eigenvalue weighted by atomic mass is 10.2. The number of amides is 1. The molecule has 0 saturated carbocycles. The lowest BCUT2D eigenvalue weighted by Gasteiger charge is -2.12. The van der Waals surface area contributed by atoms with Gasteiger partial charge in [-0.05, 0) is 26.0 Å². The minimum atomic E-state index is -1.13. The number of carbonyl (C=O) groups is 1. The summed E-state index contributed by atoms with van der Waals surface area (Å²) in [5.41, 5.74) is -0.137. The van der Waals surface area contributed by atoms with Crippen LogP contribution in [-0.2, 0) is 0 Å². The third-order valence-corrected chi connectivity index (χ3v) is 2.97. The van der Waals surface area contributed by atoms with Crippen LogP contribution in [0.1, 0.15) is 30.2 Å². The monoisotopic (exact) mass is 299 g/mol. The molecule has 2 rings (SSSR count). The Kier molecular flexibility index (Phi) is 4.04. The van der Waals surface area contributed by atoms with E-state index in [1.807, 2.05) is 13.8 Å². The van der Waals surface area contributed by atoms with E-state index >= 15 is 0 Å². The largest absolute Gasteiger partial charge is 0.307 e. The number of hydrogen-bond donors (Lipinski definition) is 1. The molecule has 0 fully saturated rings. The van der Waals surface area contributed by atoms with Crippen LogP contribution in [0.3, 0.4) is 0 Å². The molecule has 0 bridgehead atoms. The first-order valence-corrected chi connectivity index (χ1v) is 6.27. The van der Waals surface area contributed by atoms with Gasteiger partial charge in [-0.15, -0.1) is 0 Å². The fourth-order valence-corrected chi connectivity index (χ4v) is 1.94. The molecule has 1 N–H and O–H groups in total. The number of nitrogens with zero attached hydrogens (tertiary/aromatic N) is 2. The van der Waals surface area contributed by atoms with Crippen LogP contribution >= 0.6 is 11.6 Å². The van der Waals surface area contributed by atoms with Gasteiger partial charge in [-0.2, -0.15) is 5.10 Å². The number of anilines is 1. The van der Waals surface area contributed by atoms with Crippen molar-refractivity contribution in [1.29, 1.82) is 0 Å². The number of aromatic nitrogens is 2. The van der Waals surface area contributed by atoms with Gasteiger partial charge in [0.1, 0.15) is 5.82 Å². The fourth-order valence-electron chi connectivity index (χ4n) is 1.70. The van der Waals surface area contributed by atoms with Crippen molar-refractivity contribution in [1.82, 2.24) is 9.78 Å². The zero-order valence-corrected chi connectivity index (χ0v) is 11.6. The molecule has 2 aromatic rings. The molecule has 0 atom stereocenters. The van der Waals surface area contributed by atoms with Crippen LogP contribution in [0.4, 0.5) is 14.6 Å². The van der Waals surface area contributed by atoms with Crippen molar-refractivity contribution in [2.24, 2.45) is 0 Å². The van der Waals surface area contributed by atoms with Gasteiger partial charge >= 0.3 is 0 Å². The molecule has 0 radical (unpaired) electrons. The maximum Gasteiger partial charge on any atom is 0.258 e. The molecular formula is C13H12ClF2N3O. The minimum Gasteiger partial charge on any atom is -0.307 e. The summed E-state index contributed by atoms with van der Waals surface area (Å²) in [6.07, 6.45) is 1.53. The molecule has 1 aromatic carbocycles. The highest BCUT2D eigenvalue weighted by Crippen LogP contribution is 2.22. The summed E-state index contributed by atoms with van der Waals surface area (Å²) in [5, 5.41) is 6.46. The minimum absolute atomic E-state index is 0.0423. The van der Waals surface area contributed by atoms with Crippen molar-refractivity contribution < 1.29 is 13.6 Å². The second kappa shape index (κ2) is 5.58. The molecule has 0 aliphatic carbocycles. The van der Waals surface area contributed by atoms with Gasteiger partial charge < -0.3 is 5.32 Å². The lowest BCUT2D eigenvalue weighted by Crippen LogP contribution is -2.17. The maximum absolute atomic E-state index is 13.2. The molecule has 1 aromatic heterocycles. The van der Waals surface area contributed by atoms with Crippen molar-refractivity contribution in [2.45, 2.75) is 19.9 Å². The van der Waals surface area contributed by atoms with E-state index in [2.05, 4.69) is 10.4 Å². The molecule has 0 spiro atoms. The van der Waals surface area contributed by atoms with Gasteiger partial charge in [-0.25, -0.2) is 13.5 Å². The molecular weight excluding hydrogens is 288 g/mol. The van der Waals surface area contributed by atoms with E-state index in [9.17, 15) is 13.6 Å². The first-order valence-electron chi connectivity index (χ1n) is 5.89. The Bertz CT molecular complexity index is 655. The Morgan fingerprint density at radius 2 is 2.00 bits per heavy atom. The molecule has 0 aliphatic rings. The van der Waals surface area contributed by atoms with Crippen LogP contribution in [-0.4, -0.2) is 15.7 Å². The SMILES string of the molecule is CC(C)n1nccc1NC(=O)c1cc(F)c(F)cc1Cl. The van der Waals surface area contributed by atoms with E-state index in [-0.39, 0.29) is 16.6 Å². The fraction of sp³-hybridized carbons (Fsp3) is 0.231. The van der Waals surface area contributed by atoms with E-state index in [1.165, 1.54) is 6.20 Å². The molecule has 7 heteroatoms. The summed E-state index contributed by atoms with van der Waals surface area (Å²) in [4.78, 5) is 12.0. The van der Waals surface area contributed by atoms with Crippen molar-refractivity contribution in [3.63, 3.8) is 0 Å². The highest BCUT2D eigenvalue weighted by atomic mass is 35.5. The van der Waals surface area contributed by atoms with Crippen LogP contribution in [0.15, 0.2) is 24.4 Å². The lowest BCUT2D eigenvalue weighted by molar-refractivity contribution is 0.102. The molecule has 0 saturated heterocycles. The van der Waals surface area contributed by atoms with Crippen LogP contribution < -0.4 is 5.32 Å². The van der Waals surface area contributed by atoms with Gasteiger partial charge in [-0.3, -0.25) is 4.79 Å². The summed E-state index contributed by atoms with van der Waals surface area (Å²) >= 11 is 5.75. The highest BCUT2D eigenvalue weighted by molar-refractivity contribution is 6.34. The predicted molar refractivity (Wildman–Crippen MR) is 71.9 cm³/mol. The standard InChI is InChI=1S/C13H12ClF2N3O/c1-7(2)19-12(3-4-17-19)18-13(20)8-5-10(15)11(16)6-9(8)14/h3-7H,1-2H3,(H,18,20). The van der Waals surface area contributed by atoms with Gasteiger partial charge in [0.25, 0.3) is 5.91 Å². The first-order chi connectivity index (χ1) is 9.40. The number of rotatable bonds is 3. The maximum atomic E-state index is 13.2.